The molecule has 37 heavy (non-hydrogen) atoms. The van der Waals surface area contributed by atoms with E-state index in [1.807, 2.05) is 19.9 Å². The van der Waals surface area contributed by atoms with Gasteiger partial charge in [0, 0.05) is 25.2 Å². The van der Waals surface area contributed by atoms with Crippen LogP contribution in [0.4, 0.5) is 4.39 Å². The number of halogens is 1. The highest BCUT2D eigenvalue weighted by Crippen LogP contribution is 2.35. The zero-order chi connectivity index (χ0) is 26.7. The Hall–Kier alpha value is -3.52. The van der Waals surface area contributed by atoms with E-state index < -0.39 is 6.04 Å². The molecular weight excluding hydrogens is 471 g/mol. The largest absolute Gasteiger partial charge is 0.340 e. The second-order valence-electron chi connectivity index (χ2n) is 10.4. The lowest BCUT2D eigenvalue weighted by Crippen LogP contribution is -2.51. The number of nitrogens with zero attached hydrogens (tertiary/aromatic N) is 2. The van der Waals surface area contributed by atoms with E-state index in [2.05, 4.69) is 11.9 Å². The predicted molar refractivity (Wildman–Crippen MR) is 140 cm³/mol. The Balaban J connectivity index is 1.48. The van der Waals surface area contributed by atoms with Gasteiger partial charge in [-0.05, 0) is 59.7 Å². The summed E-state index contributed by atoms with van der Waals surface area (Å²) in [7, 11) is 0. The van der Waals surface area contributed by atoms with Crippen molar-refractivity contribution in [1.29, 1.82) is 0 Å². The summed E-state index contributed by atoms with van der Waals surface area (Å²) in [5.74, 6) is -0.786. The lowest BCUT2D eigenvalue weighted by atomic mass is 10.0. The number of nitrogens with one attached hydrogen (secondary N) is 1. The van der Waals surface area contributed by atoms with E-state index in [0.717, 1.165) is 11.1 Å². The number of benzene rings is 2. The maximum atomic E-state index is 13.8. The number of rotatable bonds is 8. The third-order valence-electron chi connectivity index (χ3n) is 7.14. The number of fused-ring (bicyclic) bond motifs is 1. The van der Waals surface area contributed by atoms with Crippen LogP contribution >= 0.6 is 0 Å². The van der Waals surface area contributed by atoms with E-state index in [9.17, 15) is 18.8 Å². The first-order valence-corrected chi connectivity index (χ1v) is 12.8. The molecule has 2 aromatic rings. The third kappa shape index (κ3) is 5.91. The standard InChI is InChI=1S/C29H35FN4O3/c1-18(2)12-24(32-28(36)22-8-4-7-21(13-22)16-31)29(37)33-11-10-25-27(33)19(3)17-34(25)26(35)15-20-6-5-9-23(30)14-20/h4-9,13-14,18,24-25,27H,3,10-12,15-17,31H2,1-2H3,(H,32,36)/t24?,25-,27?/m1/s1. The Morgan fingerprint density at radius 3 is 2.54 bits per heavy atom. The molecule has 3 atom stereocenters. The van der Waals surface area contributed by atoms with E-state index in [0.29, 0.717) is 43.6 Å². The normalized spacial score (nSPS) is 19.8. The van der Waals surface area contributed by atoms with Crippen molar-refractivity contribution in [3.63, 3.8) is 0 Å². The fourth-order valence-corrected chi connectivity index (χ4v) is 5.44. The van der Waals surface area contributed by atoms with Gasteiger partial charge in [0.05, 0.1) is 18.5 Å². The molecule has 2 aliphatic rings. The van der Waals surface area contributed by atoms with Crippen LogP contribution in [0.2, 0.25) is 0 Å². The lowest BCUT2D eigenvalue weighted by molar-refractivity contribution is -0.135. The van der Waals surface area contributed by atoms with Gasteiger partial charge < -0.3 is 20.9 Å². The fraction of sp³-hybridized carbons (Fsp3) is 0.414. The van der Waals surface area contributed by atoms with Gasteiger partial charge in [-0.1, -0.05) is 44.7 Å². The molecule has 0 bridgehead atoms. The SMILES string of the molecule is C=C1CN(C(=O)Cc2cccc(F)c2)[C@@H]2CCN(C(=O)C(CC(C)C)NC(=O)c3cccc(CN)c3)C12. The van der Waals surface area contributed by atoms with Crippen LogP contribution in [0.3, 0.4) is 0 Å². The number of carbonyl (C=O) groups excluding carboxylic acids is 3. The molecule has 0 aliphatic carbocycles. The van der Waals surface area contributed by atoms with Crippen LogP contribution in [-0.2, 0) is 22.6 Å². The van der Waals surface area contributed by atoms with Crippen LogP contribution in [0, 0.1) is 11.7 Å². The van der Waals surface area contributed by atoms with Crippen molar-refractivity contribution >= 4 is 17.7 Å². The summed E-state index contributed by atoms with van der Waals surface area (Å²) in [6.45, 7) is 9.36. The molecule has 3 N–H and O–H groups in total. The molecule has 4 rings (SSSR count). The molecule has 2 saturated heterocycles. The topological polar surface area (TPSA) is 95.7 Å². The molecule has 0 aromatic heterocycles. The maximum absolute atomic E-state index is 13.8. The summed E-state index contributed by atoms with van der Waals surface area (Å²) in [6.07, 6.45) is 1.21. The van der Waals surface area contributed by atoms with Crippen molar-refractivity contribution in [3.05, 3.63) is 83.2 Å². The van der Waals surface area contributed by atoms with E-state index in [1.165, 1.54) is 12.1 Å². The monoisotopic (exact) mass is 506 g/mol. The van der Waals surface area contributed by atoms with Gasteiger partial charge in [0.15, 0.2) is 0 Å². The molecule has 2 fully saturated rings. The highest BCUT2D eigenvalue weighted by atomic mass is 19.1. The van der Waals surface area contributed by atoms with Crippen LogP contribution in [0.25, 0.3) is 0 Å². The Morgan fingerprint density at radius 1 is 1.11 bits per heavy atom. The summed E-state index contributed by atoms with van der Waals surface area (Å²) in [4.78, 5) is 43.5. The number of amides is 3. The summed E-state index contributed by atoms with van der Waals surface area (Å²) in [5, 5.41) is 2.94. The molecule has 0 radical (unpaired) electrons. The van der Waals surface area contributed by atoms with Gasteiger partial charge in [-0.3, -0.25) is 14.4 Å². The maximum Gasteiger partial charge on any atom is 0.251 e. The Kier molecular flexibility index (Phi) is 8.07. The quantitative estimate of drug-likeness (QED) is 0.538. The minimum atomic E-state index is -0.697. The van der Waals surface area contributed by atoms with Gasteiger partial charge >= 0.3 is 0 Å². The van der Waals surface area contributed by atoms with Gasteiger partial charge in [0.25, 0.3) is 5.91 Å². The Bertz CT molecular complexity index is 1200. The second kappa shape index (κ2) is 11.3. The summed E-state index contributed by atoms with van der Waals surface area (Å²) < 4.78 is 13.6. The van der Waals surface area contributed by atoms with Crippen LogP contribution < -0.4 is 11.1 Å². The van der Waals surface area contributed by atoms with E-state index in [4.69, 9.17) is 5.73 Å². The number of carbonyl (C=O) groups is 3. The number of likely N-dealkylation sites (tertiary alicyclic amines) is 2. The molecule has 3 amide bonds. The first-order valence-electron chi connectivity index (χ1n) is 12.8. The molecule has 7 nitrogen and oxygen atoms in total. The molecule has 2 heterocycles. The molecule has 2 aliphatic heterocycles. The third-order valence-corrected chi connectivity index (χ3v) is 7.14. The first-order chi connectivity index (χ1) is 17.7. The number of hydrogen-bond donors (Lipinski definition) is 2. The van der Waals surface area contributed by atoms with Crippen LogP contribution in [0.1, 0.15) is 48.2 Å². The van der Waals surface area contributed by atoms with Crippen LogP contribution in [-0.4, -0.2) is 58.7 Å². The Morgan fingerprint density at radius 2 is 1.84 bits per heavy atom. The zero-order valence-corrected chi connectivity index (χ0v) is 21.5. The first kappa shape index (κ1) is 26.5. The van der Waals surface area contributed by atoms with Crippen molar-refractivity contribution in [1.82, 2.24) is 15.1 Å². The van der Waals surface area contributed by atoms with Crippen LogP contribution in [0.5, 0.6) is 0 Å². The van der Waals surface area contributed by atoms with Crippen molar-refractivity contribution in [3.8, 4) is 0 Å². The summed E-state index contributed by atoms with van der Waals surface area (Å²) >= 11 is 0. The molecule has 196 valence electrons. The minimum absolute atomic E-state index is 0.0934. The average molecular weight is 507 g/mol. The van der Waals surface area contributed by atoms with Crippen LogP contribution in [0.15, 0.2) is 60.7 Å². The van der Waals surface area contributed by atoms with Gasteiger partial charge in [-0.15, -0.1) is 0 Å². The average Bonchev–Trinajstić information content (AvgIpc) is 3.44. The van der Waals surface area contributed by atoms with E-state index in [1.54, 1.807) is 40.1 Å². The van der Waals surface area contributed by atoms with Gasteiger partial charge in [-0.2, -0.15) is 0 Å². The van der Waals surface area contributed by atoms with E-state index >= 15 is 0 Å². The highest BCUT2D eigenvalue weighted by molar-refractivity contribution is 5.98. The van der Waals surface area contributed by atoms with Crippen molar-refractivity contribution in [2.24, 2.45) is 11.7 Å². The van der Waals surface area contributed by atoms with Crippen molar-refractivity contribution < 1.29 is 18.8 Å². The lowest BCUT2D eigenvalue weighted by Gasteiger charge is -2.30. The summed E-state index contributed by atoms with van der Waals surface area (Å²) in [6, 6.07) is 12.0. The predicted octanol–water partition coefficient (Wildman–Crippen LogP) is 3.04. The molecule has 2 unspecified atom stereocenters. The molecule has 0 spiro atoms. The van der Waals surface area contributed by atoms with Gasteiger partial charge in [0.2, 0.25) is 11.8 Å². The van der Waals surface area contributed by atoms with E-state index in [-0.39, 0.29) is 48.0 Å². The number of hydrogen-bond acceptors (Lipinski definition) is 4. The highest BCUT2D eigenvalue weighted by Gasteiger charge is 2.49. The van der Waals surface area contributed by atoms with Crippen molar-refractivity contribution in [2.45, 2.75) is 57.8 Å². The molecular formula is C29H35FN4O3. The molecule has 2 aromatic carbocycles. The van der Waals surface area contributed by atoms with Crippen molar-refractivity contribution in [2.75, 3.05) is 13.1 Å². The smallest absolute Gasteiger partial charge is 0.251 e. The zero-order valence-electron chi connectivity index (χ0n) is 21.5. The number of nitrogens with two attached hydrogens (primary N) is 1. The minimum Gasteiger partial charge on any atom is -0.340 e. The molecule has 8 heteroatoms. The van der Waals surface area contributed by atoms with Gasteiger partial charge in [0.1, 0.15) is 11.9 Å². The Labute approximate surface area is 217 Å². The fourth-order valence-electron chi connectivity index (χ4n) is 5.44. The second-order valence-corrected chi connectivity index (χ2v) is 10.4. The molecule has 0 saturated carbocycles. The van der Waals surface area contributed by atoms with Gasteiger partial charge in [-0.25, -0.2) is 4.39 Å². The summed E-state index contributed by atoms with van der Waals surface area (Å²) in [5.41, 5.74) is 8.43.